The van der Waals surface area contributed by atoms with Crippen molar-refractivity contribution in [2.75, 3.05) is 6.54 Å². The Balaban J connectivity index is 2.64. The zero-order valence-electron chi connectivity index (χ0n) is 12.4. The smallest absolute Gasteiger partial charge is 0.233 e. The first-order valence-corrected chi connectivity index (χ1v) is 8.07. The first kappa shape index (κ1) is 16.9. The molecule has 112 valence electrons. The Morgan fingerprint density at radius 1 is 1.25 bits per heavy atom. The van der Waals surface area contributed by atoms with Crippen molar-refractivity contribution in [3.8, 4) is 0 Å². The minimum Gasteiger partial charge on any atom is -0.391 e. The van der Waals surface area contributed by atoms with E-state index in [2.05, 4.69) is 4.72 Å². The van der Waals surface area contributed by atoms with E-state index in [1.807, 2.05) is 52.0 Å². The van der Waals surface area contributed by atoms with Crippen molar-refractivity contribution in [2.45, 2.75) is 33.8 Å². The van der Waals surface area contributed by atoms with Gasteiger partial charge in [-0.1, -0.05) is 50.6 Å². The van der Waals surface area contributed by atoms with Crippen molar-refractivity contribution in [3.63, 3.8) is 0 Å². The monoisotopic (exact) mass is 297 g/mol. The van der Waals surface area contributed by atoms with Gasteiger partial charge in [-0.05, 0) is 24.0 Å². The molecule has 0 saturated carbocycles. The average molecular weight is 297 g/mol. The quantitative estimate of drug-likeness (QED) is 0.876. The van der Waals surface area contributed by atoms with Crippen LogP contribution in [0.1, 0.15) is 31.9 Å². The number of aliphatic hydroxyl groups excluding tert-OH is 1. The van der Waals surface area contributed by atoms with Crippen LogP contribution >= 0.6 is 0 Å². The van der Waals surface area contributed by atoms with Crippen molar-refractivity contribution >= 4 is 16.1 Å². The van der Waals surface area contributed by atoms with Gasteiger partial charge in [-0.3, -0.25) is 0 Å². The van der Waals surface area contributed by atoms with Crippen LogP contribution in [0.3, 0.4) is 0 Å². The molecular formula is C15H23NO3S. The maximum atomic E-state index is 11.8. The number of aliphatic hydroxyl groups is 1. The summed E-state index contributed by atoms with van der Waals surface area (Å²) in [6.45, 7) is 7.54. The van der Waals surface area contributed by atoms with Crippen LogP contribution in [-0.2, 0) is 10.0 Å². The Labute approximate surface area is 121 Å². The molecule has 1 aromatic carbocycles. The number of hydrogen-bond donors (Lipinski definition) is 2. The van der Waals surface area contributed by atoms with Crippen LogP contribution in [0.15, 0.2) is 29.7 Å². The van der Waals surface area contributed by atoms with Gasteiger partial charge in [-0.2, -0.15) is 0 Å². The summed E-state index contributed by atoms with van der Waals surface area (Å²) in [5, 5.41) is 10.9. The number of rotatable bonds is 5. The van der Waals surface area contributed by atoms with Crippen molar-refractivity contribution in [1.82, 2.24) is 4.72 Å². The minimum atomic E-state index is -3.54. The third kappa shape index (κ3) is 5.86. The Kier molecular flexibility index (Phi) is 5.50. The van der Waals surface area contributed by atoms with Crippen LogP contribution in [-0.4, -0.2) is 26.2 Å². The molecule has 20 heavy (non-hydrogen) atoms. The number of nitrogens with one attached hydrogen (secondary N) is 1. The number of aryl methyl sites for hydroxylation is 1. The summed E-state index contributed by atoms with van der Waals surface area (Å²) in [5.41, 5.74) is 1.58. The topological polar surface area (TPSA) is 66.4 Å². The second kappa shape index (κ2) is 6.52. The Morgan fingerprint density at radius 2 is 1.80 bits per heavy atom. The van der Waals surface area contributed by atoms with Gasteiger partial charge in [-0.15, -0.1) is 0 Å². The molecule has 0 aliphatic carbocycles. The molecule has 2 N–H and O–H groups in total. The molecule has 1 rings (SSSR count). The number of sulfonamides is 1. The highest BCUT2D eigenvalue weighted by molar-refractivity contribution is 7.92. The maximum Gasteiger partial charge on any atom is 0.233 e. The van der Waals surface area contributed by atoms with Crippen LogP contribution < -0.4 is 4.72 Å². The van der Waals surface area contributed by atoms with E-state index < -0.39 is 16.1 Å². The summed E-state index contributed by atoms with van der Waals surface area (Å²) in [6, 6.07) is 7.54. The Bertz CT molecular complexity index is 554. The van der Waals surface area contributed by atoms with E-state index in [0.717, 1.165) is 16.5 Å². The van der Waals surface area contributed by atoms with E-state index in [4.69, 9.17) is 0 Å². The molecule has 0 fully saturated rings. The highest BCUT2D eigenvalue weighted by Gasteiger charge is 2.23. The molecule has 4 nitrogen and oxygen atoms in total. The van der Waals surface area contributed by atoms with Crippen LogP contribution in [0, 0.1) is 12.3 Å². The molecule has 0 amide bonds. The standard InChI is InChI=1S/C15H23NO3S/c1-12-5-7-13(8-6-12)9-10-20(18,19)16-11-14(17)15(2,3)4/h5-10,14,16-17H,11H2,1-4H3/b10-9+. The first-order chi connectivity index (χ1) is 9.10. The summed E-state index contributed by atoms with van der Waals surface area (Å²) in [7, 11) is -3.54. The molecule has 0 aliphatic heterocycles. The Morgan fingerprint density at radius 3 is 2.30 bits per heavy atom. The lowest BCUT2D eigenvalue weighted by Gasteiger charge is -2.25. The van der Waals surface area contributed by atoms with Gasteiger partial charge in [0.15, 0.2) is 0 Å². The van der Waals surface area contributed by atoms with Crippen molar-refractivity contribution in [1.29, 1.82) is 0 Å². The molecule has 0 aliphatic rings. The summed E-state index contributed by atoms with van der Waals surface area (Å²) in [5.74, 6) is 0. The van der Waals surface area contributed by atoms with Crippen LogP contribution in [0.4, 0.5) is 0 Å². The largest absolute Gasteiger partial charge is 0.391 e. The van der Waals surface area contributed by atoms with E-state index >= 15 is 0 Å². The highest BCUT2D eigenvalue weighted by atomic mass is 32.2. The number of benzene rings is 1. The lowest BCUT2D eigenvalue weighted by Crippen LogP contribution is -2.38. The summed E-state index contributed by atoms with van der Waals surface area (Å²) in [4.78, 5) is 0. The van der Waals surface area contributed by atoms with Gasteiger partial charge in [0.2, 0.25) is 10.0 Å². The fraction of sp³-hybridized carbons (Fsp3) is 0.467. The van der Waals surface area contributed by atoms with Gasteiger partial charge in [0.25, 0.3) is 0 Å². The van der Waals surface area contributed by atoms with Crippen molar-refractivity contribution in [2.24, 2.45) is 5.41 Å². The summed E-state index contributed by atoms with van der Waals surface area (Å²) in [6.07, 6.45) is 0.802. The second-order valence-electron chi connectivity index (χ2n) is 5.99. The van der Waals surface area contributed by atoms with Gasteiger partial charge in [0.1, 0.15) is 0 Å². The lowest BCUT2D eigenvalue weighted by molar-refractivity contribution is 0.0677. The molecule has 5 heteroatoms. The molecule has 0 saturated heterocycles. The molecule has 1 atom stereocenters. The Hall–Kier alpha value is -1.17. The molecular weight excluding hydrogens is 274 g/mol. The highest BCUT2D eigenvalue weighted by Crippen LogP contribution is 2.18. The number of hydrogen-bond acceptors (Lipinski definition) is 3. The molecule has 0 heterocycles. The third-order valence-electron chi connectivity index (χ3n) is 2.99. The molecule has 0 aromatic heterocycles. The molecule has 1 aromatic rings. The van der Waals surface area contributed by atoms with Crippen LogP contribution in [0.2, 0.25) is 0 Å². The third-order valence-corrected chi connectivity index (χ3v) is 4.06. The van der Waals surface area contributed by atoms with Crippen LogP contribution in [0.25, 0.3) is 6.08 Å². The molecule has 1 unspecified atom stereocenters. The second-order valence-corrected chi connectivity index (χ2v) is 7.64. The van der Waals surface area contributed by atoms with E-state index in [0.29, 0.717) is 0 Å². The minimum absolute atomic E-state index is 0.00404. The SMILES string of the molecule is Cc1ccc(/C=C/S(=O)(=O)NCC(O)C(C)(C)C)cc1. The normalized spacial score (nSPS) is 14.7. The molecule has 0 bridgehead atoms. The predicted octanol–water partition coefficient (Wildman–Crippen LogP) is 2.29. The molecule has 0 radical (unpaired) electrons. The first-order valence-electron chi connectivity index (χ1n) is 6.53. The molecule has 0 spiro atoms. The van der Waals surface area contributed by atoms with E-state index in [1.165, 1.54) is 6.08 Å². The summed E-state index contributed by atoms with van der Waals surface area (Å²) >= 11 is 0. The fourth-order valence-electron chi connectivity index (χ4n) is 1.40. The zero-order valence-corrected chi connectivity index (χ0v) is 13.2. The van der Waals surface area contributed by atoms with Gasteiger partial charge in [0.05, 0.1) is 6.10 Å². The van der Waals surface area contributed by atoms with Crippen molar-refractivity contribution in [3.05, 3.63) is 40.8 Å². The van der Waals surface area contributed by atoms with Crippen LogP contribution in [0.5, 0.6) is 0 Å². The average Bonchev–Trinajstić information content (AvgIpc) is 2.34. The van der Waals surface area contributed by atoms with Crippen molar-refractivity contribution < 1.29 is 13.5 Å². The summed E-state index contributed by atoms with van der Waals surface area (Å²) < 4.78 is 26.0. The fourth-order valence-corrected chi connectivity index (χ4v) is 2.22. The van der Waals surface area contributed by atoms with E-state index in [-0.39, 0.29) is 12.0 Å². The van der Waals surface area contributed by atoms with E-state index in [1.54, 1.807) is 0 Å². The van der Waals surface area contributed by atoms with Gasteiger partial charge < -0.3 is 5.11 Å². The zero-order chi connectivity index (χ0) is 15.4. The van der Waals surface area contributed by atoms with Gasteiger partial charge in [0, 0.05) is 12.0 Å². The lowest BCUT2D eigenvalue weighted by atomic mass is 9.89. The van der Waals surface area contributed by atoms with E-state index in [9.17, 15) is 13.5 Å². The maximum absolute atomic E-state index is 11.8. The van der Waals surface area contributed by atoms with Gasteiger partial charge >= 0.3 is 0 Å². The van der Waals surface area contributed by atoms with Gasteiger partial charge in [-0.25, -0.2) is 13.1 Å². The predicted molar refractivity (Wildman–Crippen MR) is 82.6 cm³/mol.